The third kappa shape index (κ3) is 2.47. The maximum atomic E-state index is 10.5. The molecule has 0 aliphatic rings. The molecule has 0 radical (unpaired) electrons. The molecule has 0 saturated carbocycles. The van der Waals surface area contributed by atoms with Gasteiger partial charge in [0.25, 0.3) is 0 Å². The van der Waals surface area contributed by atoms with Gasteiger partial charge in [0.2, 0.25) is 0 Å². The first-order valence-corrected chi connectivity index (χ1v) is 4.69. The van der Waals surface area contributed by atoms with Crippen molar-refractivity contribution in [2.75, 3.05) is 0 Å². The van der Waals surface area contributed by atoms with E-state index in [0.717, 1.165) is 12.0 Å². The molecule has 76 valence electrons. The summed E-state index contributed by atoms with van der Waals surface area (Å²) in [5.41, 5.74) is 1.63. The minimum atomic E-state index is 0.481. The molecule has 1 aromatic carbocycles. The lowest BCUT2D eigenvalue weighted by Crippen LogP contribution is -1.95. The second-order valence-corrected chi connectivity index (χ2v) is 3.17. The van der Waals surface area contributed by atoms with E-state index < -0.39 is 0 Å². The van der Waals surface area contributed by atoms with Crippen LogP contribution in [0.5, 0.6) is 5.75 Å². The molecule has 3 heteroatoms. The standard InChI is InChI=1S/C12H11NO2/c14-8-10-3-1-5-12(7-10)15-9-11-4-2-6-13-11/h1-8,13H,9H2. The molecular weight excluding hydrogens is 190 g/mol. The van der Waals surface area contributed by atoms with Gasteiger partial charge >= 0.3 is 0 Å². The van der Waals surface area contributed by atoms with Crippen molar-refractivity contribution in [1.29, 1.82) is 0 Å². The van der Waals surface area contributed by atoms with Crippen LogP contribution in [0.4, 0.5) is 0 Å². The average molecular weight is 201 g/mol. The number of aromatic nitrogens is 1. The molecular formula is C12H11NO2. The van der Waals surface area contributed by atoms with E-state index >= 15 is 0 Å². The maximum Gasteiger partial charge on any atom is 0.150 e. The van der Waals surface area contributed by atoms with Gasteiger partial charge in [0, 0.05) is 11.8 Å². The van der Waals surface area contributed by atoms with Crippen molar-refractivity contribution in [3.63, 3.8) is 0 Å². The number of hydrogen-bond donors (Lipinski definition) is 1. The fraction of sp³-hybridized carbons (Fsp3) is 0.0833. The van der Waals surface area contributed by atoms with E-state index in [0.29, 0.717) is 17.9 Å². The number of benzene rings is 1. The van der Waals surface area contributed by atoms with Crippen LogP contribution in [0.25, 0.3) is 0 Å². The molecule has 2 aromatic rings. The fourth-order valence-electron chi connectivity index (χ4n) is 1.30. The normalized spacial score (nSPS) is 9.87. The van der Waals surface area contributed by atoms with Crippen LogP contribution in [0.15, 0.2) is 42.6 Å². The summed E-state index contributed by atoms with van der Waals surface area (Å²) in [6.07, 6.45) is 2.65. The van der Waals surface area contributed by atoms with Crippen LogP contribution in [-0.4, -0.2) is 11.3 Å². The van der Waals surface area contributed by atoms with E-state index in [-0.39, 0.29) is 0 Å². The van der Waals surface area contributed by atoms with Gasteiger partial charge in [-0.3, -0.25) is 4.79 Å². The van der Waals surface area contributed by atoms with Crippen LogP contribution in [0.3, 0.4) is 0 Å². The third-order valence-corrected chi connectivity index (χ3v) is 2.05. The predicted molar refractivity (Wildman–Crippen MR) is 57.0 cm³/mol. The number of aromatic amines is 1. The van der Waals surface area contributed by atoms with Crippen molar-refractivity contribution < 1.29 is 9.53 Å². The Morgan fingerprint density at radius 2 is 2.20 bits per heavy atom. The van der Waals surface area contributed by atoms with E-state index in [1.807, 2.05) is 24.4 Å². The van der Waals surface area contributed by atoms with Crippen molar-refractivity contribution in [2.45, 2.75) is 6.61 Å². The minimum Gasteiger partial charge on any atom is -0.487 e. The molecule has 0 aliphatic heterocycles. The van der Waals surface area contributed by atoms with Crippen LogP contribution in [-0.2, 0) is 6.61 Å². The molecule has 2 rings (SSSR count). The summed E-state index contributed by atoms with van der Waals surface area (Å²) in [7, 11) is 0. The molecule has 0 unspecified atom stereocenters. The largest absolute Gasteiger partial charge is 0.487 e. The first-order valence-electron chi connectivity index (χ1n) is 4.69. The molecule has 1 N–H and O–H groups in total. The zero-order chi connectivity index (χ0) is 10.5. The summed E-state index contributed by atoms with van der Waals surface area (Å²) >= 11 is 0. The number of carbonyl (C=O) groups is 1. The van der Waals surface area contributed by atoms with Gasteiger partial charge in [-0.2, -0.15) is 0 Å². The van der Waals surface area contributed by atoms with Gasteiger partial charge in [0.1, 0.15) is 18.6 Å². The summed E-state index contributed by atoms with van der Waals surface area (Å²) in [5.74, 6) is 0.703. The Morgan fingerprint density at radius 3 is 2.93 bits per heavy atom. The van der Waals surface area contributed by atoms with E-state index in [1.54, 1.807) is 18.2 Å². The Balaban J connectivity index is 2.01. The van der Waals surface area contributed by atoms with Crippen LogP contribution < -0.4 is 4.74 Å². The second kappa shape index (κ2) is 4.46. The van der Waals surface area contributed by atoms with Gasteiger partial charge in [0.15, 0.2) is 0 Å². The summed E-state index contributed by atoms with van der Waals surface area (Å²) in [4.78, 5) is 13.6. The van der Waals surface area contributed by atoms with Crippen LogP contribution in [0, 0.1) is 0 Å². The lowest BCUT2D eigenvalue weighted by molar-refractivity contribution is 0.112. The highest BCUT2D eigenvalue weighted by atomic mass is 16.5. The number of carbonyl (C=O) groups excluding carboxylic acids is 1. The number of hydrogen-bond acceptors (Lipinski definition) is 2. The van der Waals surface area contributed by atoms with Gasteiger partial charge in [0.05, 0.1) is 5.69 Å². The molecule has 1 heterocycles. The molecule has 0 fully saturated rings. The number of nitrogens with one attached hydrogen (secondary N) is 1. The molecule has 0 saturated heterocycles. The Labute approximate surface area is 87.7 Å². The zero-order valence-electron chi connectivity index (χ0n) is 8.14. The number of H-pyrrole nitrogens is 1. The highest BCUT2D eigenvalue weighted by Crippen LogP contribution is 2.13. The Morgan fingerprint density at radius 1 is 1.27 bits per heavy atom. The monoisotopic (exact) mass is 201 g/mol. The lowest BCUT2D eigenvalue weighted by Gasteiger charge is -2.04. The van der Waals surface area contributed by atoms with Gasteiger partial charge in [-0.1, -0.05) is 12.1 Å². The molecule has 0 aliphatic carbocycles. The quantitative estimate of drug-likeness (QED) is 0.772. The summed E-state index contributed by atoms with van der Waals surface area (Å²) < 4.78 is 5.50. The van der Waals surface area contributed by atoms with E-state index in [9.17, 15) is 4.79 Å². The van der Waals surface area contributed by atoms with Crippen molar-refractivity contribution >= 4 is 6.29 Å². The van der Waals surface area contributed by atoms with Crippen LogP contribution in [0.2, 0.25) is 0 Å². The molecule has 15 heavy (non-hydrogen) atoms. The highest BCUT2D eigenvalue weighted by Gasteiger charge is 1.97. The minimum absolute atomic E-state index is 0.481. The predicted octanol–water partition coefficient (Wildman–Crippen LogP) is 2.41. The van der Waals surface area contributed by atoms with Crippen molar-refractivity contribution in [1.82, 2.24) is 4.98 Å². The molecule has 1 aromatic heterocycles. The Kier molecular flexibility index (Phi) is 2.83. The summed E-state index contributed by atoms with van der Waals surface area (Å²) in [6.45, 7) is 0.481. The van der Waals surface area contributed by atoms with Crippen LogP contribution in [0.1, 0.15) is 16.1 Å². The lowest BCUT2D eigenvalue weighted by atomic mass is 10.2. The van der Waals surface area contributed by atoms with E-state index in [2.05, 4.69) is 4.98 Å². The van der Waals surface area contributed by atoms with Gasteiger partial charge < -0.3 is 9.72 Å². The second-order valence-electron chi connectivity index (χ2n) is 3.17. The van der Waals surface area contributed by atoms with Crippen LogP contribution >= 0.6 is 0 Å². The molecule has 0 amide bonds. The summed E-state index contributed by atoms with van der Waals surface area (Å²) in [5, 5.41) is 0. The van der Waals surface area contributed by atoms with Crippen molar-refractivity contribution in [3.8, 4) is 5.75 Å². The van der Waals surface area contributed by atoms with E-state index in [1.165, 1.54) is 0 Å². The fourth-order valence-corrected chi connectivity index (χ4v) is 1.30. The number of aldehydes is 1. The number of rotatable bonds is 4. The SMILES string of the molecule is O=Cc1cccc(OCc2ccc[nH]2)c1. The first kappa shape index (κ1) is 9.52. The Hall–Kier alpha value is -2.03. The third-order valence-electron chi connectivity index (χ3n) is 2.05. The summed E-state index contributed by atoms with van der Waals surface area (Å²) in [6, 6.07) is 11.0. The van der Waals surface area contributed by atoms with E-state index in [4.69, 9.17) is 4.74 Å². The first-order chi connectivity index (χ1) is 7.38. The molecule has 0 bridgehead atoms. The van der Waals surface area contributed by atoms with Crippen molar-refractivity contribution in [2.24, 2.45) is 0 Å². The van der Waals surface area contributed by atoms with Gasteiger partial charge in [-0.05, 0) is 24.3 Å². The zero-order valence-corrected chi connectivity index (χ0v) is 8.14. The smallest absolute Gasteiger partial charge is 0.150 e. The highest BCUT2D eigenvalue weighted by molar-refractivity contribution is 5.75. The van der Waals surface area contributed by atoms with Crippen molar-refractivity contribution in [3.05, 3.63) is 53.9 Å². The molecule has 0 spiro atoms. The molecule has 0 atom stereocenters. The van der Waals surface area contributed by atoms with Gasteiger partial charge in [-0.25, -0.2) is 0 Å². The maximum absolute atomic E-state index is 10.5. The topological polar surface area (TPSA) is 42.1 Å². The van der Waals surface area contributed by atoms with Gasteiger partial charge in [-0.15, -0.1) is 0 Å². The average Bonchev–Trinajstić information content (AvgIpc) is 2.79. The molecule has 3 nitrogen and oxygen atoms in total. The number of ether oxygens (including phenoxy) is 1. The Bertz CT molecular complexity index is 435.